The highest BCUT2D eigenvalue weighted by Crippen LogP contribution is 2.17. The van der Waals surface area contributed by atoms with Crippen LogP contribution in [0.4, 0.5) is 16.2 Å². The third-order valence-corrected chi connectivity index (χ3v) is 3.15. The average molecular weight is 370 g/mol. The first-order chi connectivity index (χ1) is 8.63. The number of nitrogens with one attached hydrogen (secondary N) is 2. The van der Waals surface area contributed by atoms with Gasteiger partial charge in [0, 0.05) is 20.3 Å². The van der Waals surface area contributed by atoms with Gasteiger partial charge in [0.15, 0.2) is 0 Å². The molecule has 92 valence electrons. The van der Waals surface area contributed by atoms with Gasteiger partial charge in [0.1, 0.15) is 0 Å². The SMILES string of the molecule is O=C(Nc1cccc(Br)c1)Nc1cccc(Br)c1. The molecule has 0 spiro atoms. The minimum absolute atomic E-state index is 0.272. The van der Waals surface area contributed by atoms with E-state index < -0.39 is 0 Å². The number of halogens is 2. The zero-order valence-corrected chi connectivity index (χ0v) is 12.5. The molecular weight excluding hydrogens is 360 g/mol. The maximum Gasteiger partial charge on any atom is 0.323 e. The Labute approximate surface area is 122 Å². The lowest BCUT2D eigenvalue weighted by molar-refractivity contribution is 0.262. The Morgan fingerprint density at radius 1 is 0.833 bits per heavy atom. The van der Waals surface area contributed by atoms with Crippen molar-refractivity contribution in [1.82, 2.24) is 0 Å². The second-order valence-corrected chi connectivity index (χ2v) is 5.43. The van der Waals surface area contributed by atoms with Crippen molar-refractivity contribution in [3.8, 4) is 0 Å². The van der Waals surface area contributed by atoms with E-state index in [4.69, 9.17) is 0 Å². The zero-order valence-electron chi connectivity index (χ0n) is 9.28. The van der Waals surface area contributed by atoms with Gasteiger partial charge in [-0.15, -0.1) is 0 Å². The number of benzene rings is 2. The first-order valence-electron chi connectivity index (χ1n) is 5.22. The van der Waals surface area contributed by atoms with Crippen LogP contribution >= 0.6 is 31.9 Å². The molecule has 5 heteroatoms. The van der Waals surface area contributed by atoms with Crippen molar-refractivity contribution in [2.75, 3.05) is 10.6 Å². The molecule has 0 aromatic heterocycles. The van der Waals surface area contributed by atoms with Gasteiger partial charge in [-0.2, -0.15) is 0 Å². The van der Waals surface area contributed by atoms with Crippen molar-refractivity contribution in [3.63, 3.8) is 0 Å². The highest BCUT2D eigenvalue weighted by molar-refractivity contribution is 9.10. The van der Waals surface area contributed by atoms with Crippen molar-refractivity contribution in [2.45, 2.75) is 0 Å². The van der Waals surface area contributed by atoms with E-state index in [-0.39, 0.29) is 6.03 Å². The molecule has 18 heavy (non-hydrogen) atoms. The van der Waals surface area contributed by atoms with Crippen LogP contribution in [0.5, 0.6) is 0 Å². The lowest BCUT2D eigenvalue weighted by Gasteiger charge is -2.08. The smallest absolute Gasteiger partial charge is 0.308 e. The molecule has 0 saturated heterocycles. The summed E-state index contributed by atoms with van der Waals surface area (Å²) >= 11 is 6.70. The maximum absolute atomic E-state index is 11.8. The normalized spacial score (nSPS) is 9.89. The van der Waals surface area contributed by atoms with Gasteiger partial charge in [0.25, 0.3) is 0 Å². The summed E-state index contributed by atoms with van der Waals surface area (Å²) in [6, 6.07) is 14.6. The Kier molecular flexibility index (Phi) is 4.38. The van der Waals surface area contributed by atoms with E-state index in [9.17, 15) is 4.79 Å². The minimum atomic E-state index is -0.272. The Bertz CT molecular complexity index is 523. The fraction of sp³-hybridized carbons (Fsp3) is 0. The largest absolute Gasteiger partial charge is 0.323 e. The summed E-state index contributed by atoms with van der Waals surface area (Å²) in [7, 11) is 0. The summed E-state index contributed by atoms with van der Waals surface area (Å²) in [6.45, 7) is 0. The van der Waals surface area contributed by atoms with E-state index in [0.29, 0.717) is 0 Å². The van der Waals surface area contributed by atoms with Crippen LogP contribution in [0.1, 0.15) is 0 Å². The van der Waals surface area contributed by atoms with Crippen molar-refractivity contribution < 1.29 is 4.79 Å². The number of anilines is 2. The van der Waals surface area contributed by atoms with Gasteiger partial charge in [0.2, 0.25) is 0 Å². The highest BCUT2D eigenvalue weighted by Gasteiger charge is 2.02. The van der Waals surface area contributed by atoms with Crippen LogP contribution in [0.2, 0.25) is 0 Å². The predicted octanol–water partition coefficient (Wildman–Crippen LogP) is 4.86. The molecule has 2 amide bonds. The summed E-state index contributed by atoms with van der Waals surface area (Å²) in [5, 5.41) is 5.51. The molecule has 0 aliphatic carbocycles. The van der Waals surface area contributed by atoms with Crippen LogP contribution in [0.15, 0.2) is 57.5 Å². The number of urea groups is 1. The molecule has 2 N–H and O–H groups in total. The molecule has 2 aromatic carbocycles. The van der Waals surface area contributed by atoms with E-state index in [1.807, 2.05) is 48.5 Å². The lowest BCUT2D eigenvalue weighted by atomic mass is 10.3. The maximum atomic E-state index is 11.8. The van der Waals surface area contributed by atoms with Crippen LogP contribution < -0.4 is 10.6 Å². The number of amides is 2. The van der Waals surface area contributed by atoms with Crippen molar-refractivity contribution in [3.05, 3.63) is 57.5 Å². The summed E-state index contributed by atoms with van der Waals surface area (Å²) in [5.74, 6) is 0. The summed E-state index contributed by atoms with van der Waals surface area (Å²) in [6.07, 6.45) is 0. The van der Waals surface area contributed by atoms with Crippen molar-refractivity contribution in [1.29, 1.82) is 0 Å². The lowest BCUT2D eigenvalue weighted by Crippen LogP contribution is -2.19. The van der Waals surface area contributed by atoms with Crippen LogP contribution in [0.3, 0.4) is 0 Å². The zero-order chi connectivity index (χ0) is 13.0. The van der Waals surface area contributed by atoms with Gasteiger partial charge in [-0.25, -0.2) is 4.79 Å². The predicted molar refractivity (Wildman–Crippen MR) is 80.9 cm³/mol. The van der Waals surface area contributed by atoms with Gasteiger partial charge in [-0.1, -0.05) is 44.0 Å². The van der Waals surface area contributed by atoms with Gasteiger partial charge >= 0.3 is 6.03 Å². The quantitative estimate of drug-likeness (QED) is 0.780. The topological polar surface area (TPSA) is 41.1 Å². The van der Waals surface area contributed by atoms with Gasteiger partial charge in [-0.05, 0) is 36.4 Å². The monoisotopic (exact) mass is 368 g/mol. The van der Waals surface area contributed by atoms with E-state index in [2.05, 4.69) is 42.5 Å². The van der Waals surface area contributed by atoms with Crippen LogP contribution in [-0.2, 0) is 0 Å². The van der Waals surface area contributed by atoms with Crippen molar-refractivity contribution in [2.24, 2.45) is 0 Å². The number of hydrogen-bond donors (Lipinski definition) is 2. The Balaban J connectivity index is 2.01. The second kappa shape index (κ2) is 6.02. The standard InChI is InChI=1S/C13H10Br2N2O/c14-9-3-1-5-11(7-9)16-13(18)17-12-6-2-4-10(15)8-12/h1-8H,(H2,16,17,18). The third kappa shape index (κ3) is 3.85. The van der Waals surface area contributed by atoms with Crippen LogP contribution in [0.25, 0.3) is 0 Å². The number of carbonyl (C=O) groups is 1. The summed E-state index contributed by atoms with van der Waals surface area (Å²) in [4.78, 5) is 11.8. The fourth-order valence-electron chi connectivity index (χ4n) is 1.43. The Hall–Kier alpha value is -1.33. The highest BCUT2D eigenvalue weighted by atomic mass is 79.9. The van der Waals surface area contributed by atoms with E-state index in [1.54, 1.807) is 0 Å². The first kappa shape index (κ1) is 13.1. The number of rotatable bonds is 2. The Morgan fingerprint density at radius 3 is 1.67 bits per heavy atom. The molecule has 0 bridgehead atoms. The molecule has 0 unspecified atom stereocenters. The summed E-state index contributed by atoms with van der Waals surface area (Å²) in [5.41, 5.74) is 1.47. The molecule has 2 rings (SSSR count). The molecule has 0 heterocycles. The summed E-state index contributed by atoms with van der Waals surface area (Å²) < 4.78 is 1.84. The Morgan fingerprint density at radius 2 is 1.28 bits per heavy atom. The number of carbonyl (C=O) groups excluding carboxylic acids is 1. The van der Waals surface area contributed by atoms with E-state index in [0.717, 1.165) is 20.3 Å². The fourth-order valence-corrected chi connectivity index (χ4v) is 2.22. The van der Waals surface area contributed by atoms with Crippen molar-refractivity contribution >= 4 is 49.3 Å². The molecule has 0 atom stereocenters. The molecule has 0 radical (unpaired) electrons. The molecule has 0 saturated carbocycles. The molecule has 0 fully saturated rings. The first-order valence-corrected chi connectivity index (χ1v) is 6.81. The third-order valence-electron chi connectivity index (χ3n) is 2.16. The molecule has 0 aliphatic rings. The van der Waals surface area contributed by atoms with E-state index in [1.165, 1.54) is 0 Å². The minimum Gasteiger partial charge on any atom is -0.308 e. The number of hydrogen-bond acceptors (Lipinski definition) is 1. The molecule has 2 aromatic rings. The van der Waals surface area contributed by atoms with Crippen LogP contribution in [0, 0.1) is 0 Å². The van der Waals surface area contributed by atoms with E-state index >= 15 is 0 Å². The molecule has 3 nitrogen and oxygen atoms in total. The molecule has 0 aliphatic heterocycles. The van der Waals surface area contributed by atoms with Crippen LogP contribution in [-0.4, -0.2) is 6.03 Å². The molecular formula is C13H10Br2N2O. The van der Waals surface area contributed by atoms with Gasteiger partial charge in [-0.3, -0.25) is 0 Å². The van der Waals surface area contributed by atoms with Gasteiger partial charge in [0.05, 0.1) is 0 Å². The second-order valence-electron chi connectivity index (χ2n) is 3.60. The van der Waals surface area contributed by atoms with Gasteiger partial charge < -0.3 is 10.6 Å². The average Bonchev–Trinajstić information content (AvgIpc) is 2.28.